The molecular weight excluding hydrogens is 296 g/mol. The lowest BCUT2D eigenvalue weighted by molar-refractivity contribution is -0.143. The molecule has 1 unspecified atom stereocenters. The predicted octanol–water partition coefficient (Wildman–Crippen LogP) is 1.42. The number of ether oxygens (including phenoxy) is 1. The summed E-state index contributed by atoms with van der Waals surface area (Å²) >= 11 is 0. The number of carbonyl (C=O) groups excluding carboxylic acids is 1. The molecule has 1 aromatic rings. The Morgan fingerprint density at radius 1 is 1.48 bits per heavy atom. The topological polar surface area (TPSA) is 78.9 Å². The molecule has 1 fully saturated rings. The number of hydrogen-bond donors (Lipinski definition) is 2. The molecule has 23 heavy (non-hydrogen) atoms. The Bertz CT molecular complexity index is 600. The zero-order valence-electron chi connectivity index (χ0n) is 13.2. The number of rotatable bonds is 7. The lowest BCUT2D eigenvalue weighted by Gasteiger charge is -2.34. The highest BCUT2D eigenvalue weighted by atomic mass is 16.5. The summed E-state index contributed by atoms with van der Waals surface area (Å²) in [7, 11) is 0. The smallest absolute Gasteiger partial charge is 0.305 e. The van der Waals surface area contributed by atoms with Crippen LogP contribution in [0.1, 0.15) is 18.9 Å². The maximum atomic E-state index is 12.0. The number of nitrogens with one attached hydrogen (secondary N) is 1. The van der Waals surface area contributed by atoms with Crippen molar-refractivity contribution in [3.8, 4) is 5.75 Å². The van der Waals surface area contributed by atoms with E-state index in [-0.39, 0.29) is 12.3 Å². The summed E-state index contributed by atoms with van der Waals surface area (Å²) in [6.45, 7) is 7.73. The van der Waals surface area contributed by atoms with Crippen molar-refractivity contribution in [2.75, 3.05) is 19.7 Å². The summed E-state index contributed by atoms with van der Waals surface area (Å²) in [6.07, 6.45) is -0.208. The van der Waals surface area contributed by atoms with Crippen LogP contribution in [-0.4, -0.2) is 47.6 Å². The largest absolute Gasteiger partial charge is 0.489 e. The zero-order valence-corrected chi connectivity index (χ0v) is 13.2. The fraction of sp³-hybridized carbons (Fsp3) is 0.412. The third-order valence-corrected chi connectivity index (χ3v) is 3.63. The van der Waals surface area contributed by atoms with Crippen LogP contribution in [0.5, 0.6) is 5.75 Å². The van der Waals surface area contributed by atoms with Gasteiger partial charge in [-0.3, -0.25) is 14.5 Å². The third kappa shape index (κ3) is 4.82. The van der Waals surface area contributed by atoms with Crippen LogP contribution in [-0.2, 0) is 16.1 Å². The van der Waals surface area contributed by atoms with Crippen LogP contribution in [0.15, 0.2) is 36.4 Å². The molecule has 1 atom stereocenters. The van der Waals surface area contributed by atoms with Crippen molar-refractivity contribution in [1.29, 1.82) is 0 Å². The zero-order chi connectivity index (χ0) is 16.8. The molecule has 0 bridgehead atoms. The summed E-state index contributed by atoms with van der Waals surface area (Å²) in [5.41, 5.74) is 1.85. The molecule has 0 saturated carbocycles. The highest BCUT2D eigenvalue weighted by molar-refractivity contribution is 5.86. The number of para-hydroxylation sites is 1. The van der Waals surface area contributed by atoms with Gasteiger partial charge in [0, 0.05) is 25.2 Å². The van der Waals surface area contributed by atoms with Crippen LogP contribution in [0, 0.1) is 0 Å². The van der Waals surface area contributed by atoms with Crippen molar-refractivity contribution in [3.05, 3.63) is 42.0 Å². The van der Waals surface area contributed by atoms with Crippen molar-refractivity contribution < 1.29 is 19.4 Å². The van der Waals surface area contributed by atoms with Gasteiger partial charge in [0.1, 0.15) is 18.4 Å². The van der Waals surface area contributed by atoms with Gasteiger partial charge in [-0.25, -0.2) is 0 Å². The molecule has 0 radical (unpaired) electrons. The van der Waals surface area contributed by atoms with Crippen molar-refractivity contribution in [1.82, 2.24) is 10.2 Å². The number of benzene rings is 1. The monoisotopic (exact) mass is 318 g/mol. The standard InChI is InChI=1S/C17H22N2O4/c1-12(2)11-23-15-6-4-3-5-13(15)10-19-8-7-18-17(22)14(19)9-16(20)21/h3-6,14H,1,7-11H2,2H3,(H,18,22)(H,20,21). The van der Waals surface area contributed by atoms with Gasteiger partial charge in [-0.1, -0.05) is 24.8 Å². The molecule has 2 N–H and O–H groups in total. The fourth-order valence-electron chi connectivity index (χ4n) is 2.53. The van der Waals surface area contributed by atoms with E-state index in [0.29, 0.717) is 26.2 Å². The van der Waals surface area contributed by atoms with Crippen LogP contribution < -0.4 is 10.1 Å². The van der Waals surface area contributed by atoms with E-state index in [9.17, 15) is 9.59 Å². The molecule has 1 aromatic carbocycles. The van der Waals surface area contributed by atoms with Crippen LogP contribution in [0.4, 0.5) is 0 Å². The minimum atomic E-state index is -0.983. The second-order valence-corrected chi connectivity index (χ2v) is 5.73. The number of piperazine rings is 1. The van der Waals surface area contributed by atoms with E-state index in [4.69, 9.17) is 9.84 Å². The van der Waals surface area contributed by atoms with Crippen molar-refractivity contribution >= 4 is 11.9 Å². The summed E-state index contributed by atoms with van der Waals surface area (Å²) in [5, 5.41) is 11.7. The van der Waals surface area contributed by atoms with Crippen molar-refractivity contribution in [2.24, 2.45) is 0 Å². The predicted molar refractivity (Wildman–Crippen MR) is 86.2 cm³/mol. The van der Waals surface area contributed by atoms with Crippen molar-refractivity contribution in [3.63, 3.8) is 0 Å². The number of carboxylic acids is 1. The maximum absolute atomic E-state index is 12.0. The highest BCUT2D eigenvalue weighted by Gasteiger charge is 2.31. The molecule has 1 amide bonds. The molecule has 1 aliphatic heterocycles. The van der Waals surface area contributed by atoms with Crippen LogP contribution in [0.3, 0.4) is 0 Å². The van der Waals surface area contributed by atoms with E-state index in [1.807, 2.05) is 36.1 Å². The van der Waals surface area contributed by atoms with Gasteiger partial charge < -0.3 is 15.2 Å². The first-order valence-electron chi connectivity index (χ1n) is 7.56. The minimum Gasteiger partial charge on any atom is -0.489 e. The number of carbonyl (C=O) groups is 2. The minimum absolute atomic E-state index is 0.208. The molecule has 2 rings (SSSR count). The Hall–Kier alpha value is -2.34. The Balaban J connectivity index is 2.14. The number of aliphatic carboxylic acids is 1. The molecular formula is C17H22N2O4. The number of amides is 1. The van der Waals surface area contributed by atoms with Crippen LogP contribution in [0.25, 0.3) is 0 Å². The van der Waals surface area contributed by atoms with E-state index in [1.165, 1.54) is 0 Å². The normalized spacial score (nSPS) is 18.3. The quantitative estimate of drug-likeness (QED) is 0.743. The summed E-state index contributed by atoms with van der Waals surface area (Å²) < 4.78 is 5.74. The highest BCUT2D eigenvalue weighted by Crippen LogP contribution is 2.22. The summed E-state index contributed by atoms with van der Waals surface area (Å²) in [5.74, 6) is -0.488. The first kappa shape index (κ1) is 17.0. The van der Waals surface area contributed by atoms with E-state index in [2.05, 4.69) is 11.9 Å². The lowest BCUT2D eigenvalue weighted by Crippen LogP contribution is -2.55. The SMILES string of the molecule is C=C(C)COc1ccccc1CN1CCNC(=O)C1CC(=O)O. The lowest BCUT2D eigenvalue weighted by atomic mass is 10.1. The molecule has 1 heterocycles. The number of nitrogens with zero attached hydrogens (tertiary/aromatic N) is 1. The van der Waals surface area contributed by atoms with Gasteiger partial charge in [-0.05, 0) is 18.6 Å². The first-order valence-corrected chi connectivity index (χ1v) is 7.56. The van der Waals surface area contributed by atoms with Crippen LogP contribution >= 0.6 is 0 Å². The average Bonchev–Trinajstić information content (AvgIpc) is 2.49. The maximum Gasteiger partial charge on any atom is 0.305 e. The molecule has 1 saturated heterocycles. The Labute approximate surface area is 135 Å². The fourth-order valence-corrected chi connectivity index (χ4v) is 2.53. The van der Waals surface area contributed by atoms with Gasteiger partial charge in [0.05, 0.1) is 6.42 Å². The first-order chi connectivity index (χ1) is 11.0. The Morgan fingerprint density at radius 2 is 2.22 bits per heavy atom. The Morgan fingerprint density at radius 3 is 2.91 bits per heavy atom. The third-order valence-electron chi connectivity index (χ3n) is 3.63. The van der Waals surface area contributed by atoms with Crippen LogP contribution in [0.2, 0.25) is 0 Å². The Kier molecular flexibility index (Phi) is 5.76. The van der Waals surface area contributed by atoms with Gasteiger partial charge >= 0.3 is 5.97 Å². The van der Waals surface area contributed by atoms with Gasteiger partial charge in [0.2, 0.25) is 5.91 Å². The molecule has 6 heteroatoms. The number of carboxylic acid groups (broad SMARTS) is 1. The van der Waals surface area contributed by atoms with Gasteiger partial charge in [0.15, 0.2) is 0 Å². The molecule has 0 aromatic heterocycles. The van der Waals surface area contributed by atoms with Gasteiger partial charge in [-0.2, -0.15) is 0 Å². The van der Waals surface area contributed by atoms with E-state index in [0.717, 1.165) is 16.9 Å². The number of hydrogen-bond acceptors (Lipinski definition) is 4. The molecule has 6 nitrogen and oxygen atoms in total. The van der Waals surface area contributed by atoms with E-state index < -0.39 is 12.0 Å². The molecule has 0 spiro atoms. The average molecular weight is 318 g/mol. The summed E-state index contributed by atoms with van der Waals surface area (Å²) in [6, 6.07) is 6.93. The van der Waals surface area contributed by atoms with E-state index in [1.54, 1.807) is 0 Å². The summed E-state index contributed by atoms with van der Waals surface area (Å²) in [4.78, 5) is 24.9. The molecule has 0 aliphatic carbocycles. The van der Waals surface area contributed by atoms with Gasteiger partial charge in [-0.15, -0.1) is 0 Å². The molecule has 1 aliphatic rings. The van der Waals surface area contributed by atoms with E-state index >= 15 is 0 Å². The molecule has 124 valence electrons. The van der Waals surface area contributed by atoms with Crippen molar-refractivity contribution in [2.45, 2.75) is 25.9 Å². The second-order valence-electron chi connectivity index (χ2n) is 5.73. The van der Waals surface area contributed by atoms with Gasteiger partial charge in [0.25, 0.3) is 0 Å². The second kappa shape index (κ2) is 7.78.